The van der Waals surface area contributed by atoms with Gasteiger partial charge in [-0.2, -0.15) is 4.57 Å². The van der Waals surface area contributed by atoms with Crippen LogP contribution in [-0.2, 0) is 4.57 Å². The average Bonchev–Trinajstić information content (AvgIpc) is 2.61. The highest BCUT2D eigenvalue weighted by molar-refractivity contribution is 7.49. The van der Waals surface area contributed by atoms with Crippen molar-refractivity contribution in [2.24, 2.45) is 0 Å². The Morgan fingerprint density at radius 2 is 0.741 bits per heavy atom. The molecule has 0 aliphatic carbocycles. The van der Waals surface area contributed by atoms with Crippen molar-refractivity contribution in [3.63, 3.8) is 0 Å². The Labute approximate surface area is 161 Å². The zero-order chi connectivity index (χ0) is 18.6. The Morgan fingerprint density at radius 1 is 0.519 bits per heavy atom. The molecule has 0 saturated heterocycles. The molecule has 0 aliphatic rings. The number of phosphoric acid groups is 1. The predicted molar refractivity (Wildman–Crippen MR) is 110 cm³/mol. The van der Waals surface area contributed by atoms with Gasteiger partial charge in [0.1, 0.15) is 17.2 Å². The Bertz CT molecular complexity index is 778. The van der Waals surface area contributed by atoms with E-state index in [1.807, 2.05) is 57.2 Å². The van der Waals surface area contributed by atoms with Gasteiger partial charge in [0, 0.05) is 0 Å². The zero-order valence-electron chi connectivity index (χ0n) is 15.0. The second-order valence-electron chi connectivity index (χ2n) is 6.16. The quantitative estimate of drug-likeness (QED) is 0.434. The summed E-state index contributed by atoms with van der Waals surface area (Å²) in [6.45, 7) is 5.90. The van der Waals surface area contributed by atoms with Crippen LogP contribution in [0.1, 0.15) is 24.1 Å². The molecule has 0 unspecified atom stereocenters. The summed E-state index contributed by atoms with van der Waals surface area (Å²) < 4.78 is 30.2. The molecule has 0 amide bonds. The van der Waals surface area contributed by atoms with Crippen molar-refractivity contribution >= 4 is 7.82 Å². The molecular weight excluding hydrogens is 359 g/mol. The van der Waals surface area contributed by atoms with Gasteiger partial charge in [0.15, 0.2) is 0 Å². The van der Waals surface area contributed by atoms with E-state index >= 15 is 0 Å². The first-order chi connectivity index (χ1) is 12.4. The lowest BCUT2D eigenvalue weighted by molar-refractivity contribution is 0.298. The molecule has 0 aliphatic heterocycles. The molecule has 142 valence electrons. The van der Waals surface area contributed by atoms with Gasteiger partial charge in [-0.25, -0.2) is 0 Å². The average molecular weight is 384 g/mol. The lowest BCUT2D eigenvalue weighted by atomic mass is 10.2. The highest BCUT2D eigenvalue weighted by atomic mass is 31.2. The van der Waals surface area contributed by atoms with E-state index in [1.54, 1.807) is 36.4 Å². The van der Waals surface area contributed by atoms with Gasteiger partial charge in [0.05, 0.1) is 0 Å². The van der Waals surface area contributed by atoms with E-state index in [-0.39, 0.29) is 7.43 Å². The summed E-state index contributed by atoms with van der Waals surface area (Å²) in [6.07, 6.45) is 0. The maximum Gasteiger partial charge on any atom is 0.647 e. The maximum atomic E-state index is 13.3. The molecular formula is C22H25O4P. The minimum Gasteiger partial charge on any atom is -0.386 e. The van der Waals surface area contributed by atoms with Crippen LogP contribution in [0.2, 0.25) is 0 Å². The maximum absolute atomic E-state index is 13.3. The van der Waals surface area contributed by atoms with Crippen molar-refractivity contribution in [1.82, 2.24) is 0 Å². The van der Waals surface area contributed by atoms with Crippen molar-refractivity contribution in [2.75, 3.05) is 0 Å². The number of phosphoric ester groups is 1. The van der Waals surface area contributed by atoms with Crippen LogP contribution < -0.4 is 13.6 Å². The summed E-state index contributed by atoms with van der Waals surface area (Å²) in [5.41, 5.74) is 3.23. The zero-order valence-corrected chi connectivity index (χ0v) is 15.9. The van der Waals surface area contributed by atoms with Crippen LogP contribution >= 0.6 is 7.82 Å². The third kappa shape index (κ3) is 5.90. The third-order valence-corrected chi connectivity index (χ3v) is 5.02. The fraction of sp³-hybridized carbons (Fsp3) is 0.182. The normalized spacial score (nSPS) is 10.6. The topological polar surface area (TPSA) is 44.8 Å². The van der Waals surface area contributed by atoms with Gasteiger partial charge in [0.2, 0.25) is 0 Å². The van der Waals surface area contributed by atoms with Crippen molar-refractivity contribution in [3.8, 4) is 17.2 Å². The molecule has 0 fully saturated rings. The van der Waals surface area contributed by atoms with E-state index in [1.165, 1.54) is 0 Å². The summed E-state index contributed by atoms with van der Waals surface area (Å²) in [5, 5.41) is 0. The Balaban J connectivity index is 0.00000261. The molecule has 0 heterocycles. The molecule has 0 bridgehead atoms. The first-order valence-corrected chi connectivity index (χ1v) is 9.77. The molecule has 3 aromatic carbocycles. The highest BCUT2D eigenvalue weighted by Gasteiger charge is 2.33. The van der Waals surface area contributed by atoms with Gasteiger partial charge in [-0.05, 0) is 57.2 Å². The van der Waals surface area contributed by atoms with Gasteiger partial charge in [-0.15, -0.1) is 0 Å². The van der Waals surface area contributed by atoms with Crippen LogP contribution in [0.25, 0.3) is 0 Å². The Hall–Kier alpha value is -2.71. The number of benzene rings is 3. The molecule has 4 nitrogen and oxygen atoms in total. The number of hydrogen-bond acceptors (Lipinski definition) is 4. The molecule has 0 saturated carbocycles. The minimum atomic E-state index is -3.93. The van der Waals surface area contributed by atoms with E-state index in [0.717, 1.165) is 16.7 Å². The SMILES string of the molecule is C.Cc1ccc(OP(=O)(Oc2ccc(C)cc2)Oc2ccc(C)cc2)cc1. The lowest BCUT2D eigenvalue weighted by Gasteiger charge is -2.19. The minimum absolute atomic E-state index is 0. The predicted octanol–water partition coefficient (Wildman–Crippen LogP) is 6.89. The summed E-state index contributed by atoms with van der Waals surface area (Å²) in [5.74, 6) is 1.24. The molecule has 0 aromatic heterocycles. The number of aryl methyl sites for hydroxylation is 3. The first kappa shape index (κ1) is 20.6. The molecule has 0 spiro atoms. The van der Waals surface area contributed by atoms with Crippen LogP contribution in [0.5, 0.6) is 17.2 Å². The Morgan fingerprint density at radius 3 is 0.963 bits per heavy atom. The molecule has 0 radical (unpaired) electrons. The largest absolute Gasteiger partial charge is 0.647 e. The summed E-state index contributed by atoms with van der Waals surface area (Å²) in [4.78, 5) is 0. The summed E-state index contributed by atoms with van der Waals surface area (Å²) >= 11 is 0. The molecule has 5 heteroatoms. The van der Waals surface area contributed by atoms with E-state index in [0.29, 0.717) is 17.2 Å². The van der Waals surface area contributed by atoms with Crippen LogP contribution in [0.4, 0.5) is 0 Å². The van der Waals surface area contributed by atoms with E-state index in [9.17, 15) is 4.57 Å². The van der Waals surface area contributed by atoms with Crippen LogP contribution in [-0.4, -0.2) is 0 Å². The van der Waals surface area contributed by atoms with E-state index < -0.39 is 7.82 Å². The monoisotopic (exact) mass is 384 g/mol. The van der Waals surface area contributed by atoms with E-state index in [2.05, 4.69) is 0 Å². The first-order valence-electron chi connectivity index (χ1n) is 8.31. The van der Waals surface area contributed by atoms with Crippen LogP contribution in [0.3, 0.4) is 0 Å². The Kier molecular flexibility index (Phi) is 6.70. The van der Waals surface area contributed by atoms with Gasteiger partial charge in [0.25, 0.3) is 0 Å². The van der Waals surface area contributed by atoms with Crippen molar-refractivity contribution in [2.45, 2.75) is 28.2 Å². The van der Waals surface area contributed by atoms with Crippen molar-refractivity contribution < 1.29 is 18.1 Å². The van der Waals surface area contributed by atoms with Gasteiger partial charge in [-0.3, -0.25) is 0 Å². The molecule has 27 heavy (non-hydrogen) atoms. The molecule has 0 N–H and O–H groups in total. The smallest absolute Gasteiger partial charge is 0.386 e. The highest BCUT2D eigenvalue weighted by Crippen LogP contribution is 2.49. The fourth-order valence-corrected chi connectivity index (χ4v) is 3.49. The lowest BCUT2D eigenvalue weighted by Crippen LogP contribution is -2.07. The second-order valence-corrected chi connectivity index (χ2v) is 7.60. The fourth-order valence-electron chi connectivity index (χ4n) is 2.24. The van der Waals surface area contributed by atoms with E-state index in [4.69, 9.17) is 13.6 Å². The van der Waals surface area contributed by atoms with Crippen molar-refractivity contribution in [3.05, 3.63) is 89.5 Å². The summed E-state index contributed by atoms with van der Waals surface area (Å²) in [7, 11) is -3.93. The van der Waals surface area contributed by atoms with Gasteiger partial charge < -0.3 is 13.6 Å². The molecule has 3 rings (SSSR count). The number of hydrogen-bond donors (Lipinski definition) is 0. The second kappa shape index (κ2) is 8.79. The van der Waals surface area contributed by atoms with Gasteiger partial charge in [-0.1, -0.05) is 60.5 Å². The standard InChI is InChI=1S/C21H21O4P.CH4/c1-16-4-10-19(11-5-16)23-26(22,24-20-12-6-17(2)7-13-20)25-21-14-8-18(3)9-15-21;/h4-15H,1-3H3;1H4. The third-order valence-electron chi connectivity index (χ3n) is 3.71. The molecule has 3 aromatic rings. The number of rotatable bonds is 6. The van der Waals surface area contributed by atoms with Gasteiger partial charge >= 0.3 is 7.82 Å². The van der Waals surface area contributed by atoms with Crippen LogP contribution in [0.15, 0.2) is 72.8 Å². The van der Waals surface area contributed by atoms with Crippen molar-refractivity contribution in [1.29, 1.82) is 0 Å². The van der Waals surface area contributed by atoms with Crippen LogP contribution in [0, 0.1) is 20.8 Å². The molecule has 0 atom stereocenters. The summed E-state index contributed by atoms with van der Waals surface area (Å²) in [6, 6.07) is 21.6.